The average molecular weight is 332 g/mol. The molecule has 0 radical (unpaired) electrons. The lowest BCUT2D eigenvalue weighted by atomic mass is 9.95. The molecule has 1 unspecified atom stereocenters. The van der Waals surface area contributed by atoms with E-state index in [0.29, 0.717) is 24.2 Å². The van der Waals surface area contributed by atoms with E-state index < -0.39 is 5.66 Å². The molecule has 0 fully saturated rings. The van der Waals surface area contributed by atoms with Crippen molar-refractivity contribution >= 4 is 12.1 Å². The normalized spacial score (nSPS) is 18.5. The highest BCUT2D eigenvalue weighted by atomic mass is 16.5. The van der Waals surface area contributed by atoms with Gasteiger partial charge in [0.05, 0.1) is 13.2 Å². The monoisotopic (exact) mass is 332 g/mol. The van der Waals surface area contributed by atoms with Gasteiger partial charge < -0.3 is 4.74 Å². The number of azo groups is 1. The van der Waals surface area contributed by atoms with Gasteiger partial charge in [-0.3, -0.25) is 4.79 Å². The van der Waals surface area contributed by atoms with Crippen molar-refractivity contribution < 1.29 is 9.53 Å². The minimum absolute atomic E-state index is 0.302. The highest BCUT2D eigenvalue weighted by Crippen LogP contribution is 2.38. The first-order chi connectivity index (χ1) is 12.2. The highest BCUT2D eigenvalue weighted by molar-refractivity contribution is 6.01. The van der Waals surface area contributed by atoms with Crippen molar-refractivity contribution in [1.82, 2.24) is 0 Å². The van der Waals surface area contributed by atoms with Gasteiger partial charge in [0.15, 0.2) is 11.5 Å². The summed E-state index contributed by atoms with van der Waals surface area (Å²) in [7, 11) is 1.60. The average Bonchev–Trinajstić information content (AvgIpc) is 3.12. The summed E-state index contributed by atoms with van der Waals surface area (Å²) in [5.74, 6) is 1.19. The Balaban J connectivity index is 2.01. The van der Waals surface area contributed by atoms with E-state index in [2.05, 4.69) is 16.3 Å². The van der Waals surface area contributed by atoms with E-state index in [1.165, 1.54) is 0 Å². The molecule has 0 aliphatic carbocycles. The zero-order valence-electron chi connectivity index (χ0n) is 13.7. The molecule has 0 aromatic heterocycles. The summed E-state index contributed by atoms with van der Waals surface area (Å²) in [6.07, 6.45) is 1.51. The molecule has 1 atom stereocenters. The van der Waals surface area contributed by atoms with Gasteiger partial charge in [0.2, 0.25) is 0 Å². The molecule has 2 aromatic carbocycles. The summed E-state index contributed by atoms with van der Waals surface area (Å²) in [4.78, 5) is 15.7. The minimum atomic E-state index is -0.922. The number of nitrogens with zero attached hydrogens (tertiary/aromatic N) is 4. The lowest BCUT2D eigenvalue weighted by Crippen LogP contribution is -2.19. The Hall–Kier alpha value is -3.33. The molecular formula is C19H16N4O2. The molecule has 124 valence electrons. The maximum absolute atomic E-state index is 11.0. The topological polar surface area (TPSA) is 87.2 Å². The molecule has 6 nitrogen and oxygen atoms in total. The molecular weight excluding hydrogens is 316 g/mol. The second-order valence-electron chi connectivity index (χ2n) is 5.58. The van der Waals surface area contributed by atoms with Gasteiger partial charge >= 0.3 is 0 Å². The second-order valence-corrected chi connectivity index (χ2v) is 5.58. The van der Waals surface area contributed by atoms with Crippen molar-refractivity contribution in [3.63, 3.8) is 0 Å². The van der Waals surface area contributed by atoms with Gasteiger partial charge in [-0.2, -0.15) is 10.4 Å². The Bertz CT molecular complexity index is 881. The van der Waals surface area contributed by atoms with Crippen molar-refractivity contribution in [2.75, 3.05) is 7.11 Å². The van der Waals surface area contributed by atoms with Crippen molar-refractivity contribution in [3.05, 3.63) is 65.2 Å². The van der Waals surface area contributed by atoms with E-state index in [1.54, 1.807) is 25.3 Å². The third-order valence-corrected chi connectivity index (χ3v) is 4.02. The van der Waals surface area contributed by atoms with Crippen LogP contribution in [-0.2, 0) is 5.66 Å². The summed E-state index contributed by atoms with van der Waals surface area (Å²) in [5.41, 5.74) is 1.19. The first-order valence-corrected chi connectivity index (χ1v) is 7.80. The number of ether oxygens (including phenoxy) is 1. The summed E-state index contributed by atoms with van der Waals surface area (Å²) < 4.78 is 5.19. The molecule has 3 rings (SSSR count). The fourth-order valence-corrected chi connectivity index (χ4v) is 2.68. The van der Waals surface area contributed by atoms with E-state index in [1.807, 2.05) is 30.3 Å². The molecule has 1 aliphatic heterocycles. The van der Waals surface area contributed by atoms with Crippen molar-refractivity contribution in [2.45, 2.75) is 18.5 Å². The minimum Gasteiger partial charge on any atom is -0.497 e. The number of benzene rings is 2. The van der Waals surface area contributed by atoms with Crippen molar-refractivity contribution in [1.29, 1.82) is 5.26 Å². The number of methoxy groups -OCH3 is 1. The summed E-state index contributed by atoms with van der Waals surface area (Å²) in [6, 6.07) is 16.6. The van der Waals surface area contributed by atoms with Gasteiger partial charge in [0, 0.05) is 29.5 Å². The van der Waals surface area contributed by atoms with Crippen LogP contribution in [0.1, 0.15) is 34.3 Å². The van der Waals surface area contributed by atoms with Crippen LogP contribution in [-0.4, -0.2) is 19.2 Å². The zero-order valence-corrected chi connectivity index (χ0v) is 13.7. The molecule has 25 heavy (non-hydrogen) atoms. The first-order valence-electron chi connectivity index (χ1n) is 7.80. The van der Waals surface area contributed by atoms with Gasteiger partial charge in [0.1, 0.15) is 12.0 Å². The van der Waals surface area contributed by atoms with E-state index in [0.717, 1.165) is 23.2 Å². The summed E-state index contributed by atoms with van der Waals surface area (Å²) >= 11 is 0. The lowest BCUT2D eigenvalue weighted by Gasteiger charge is -2.21. The summed E-state index contributed by atoms with van der Waals surface area (Å²) in [5, 5.41) is 17.6. The maximum atomic E-state index is 11.0. The second kappa shape index (κ2) is 7.05. The predicted octanol–water partition coefficient (Wildman–Crippen LogP) is 3.88. The fourth-order valence-electron chi connectivity index (χ4n) is 2.68. The van der Waals surface area contributed by atoms with Gasteiger partial charge in [-0.25, -0.2) is 4.99 Å². The standard InChI is InChI=1S/C19H16N4O2/c1-25-17-8-6-16(7-9-17)19(10-3-11-20)21-18(22-23-19)15-5-2-4-14(12-15)13-24/h2,4-9,12-13H,3,10H2,1H3. The Morgan fingerprint density at radius 3 is 2.72 bits per heavy atom. The van der Waals surface area contributed by atoms with E-state index in [4.69, 9.17) is 15.0 Å². The van der Waals surface area contributed by atoms with Crippen LogP contribution >= 0.6 is 0 Å². The predicted molar refractivity (Wildman–Crippen MR) is 92.7 cm³/mol. The smallest absolute Gasteiger partial charge is 0.199 e. The molecule has 6 heteroatoms. The lowest BCUT2D eigenvalue weighted by molar-refractivity contribution is 0.112. The Kier molecular flexibility index (Phi) is 4.66. The fraction of sp³-hybridized carbons (Fsp3) is 0.211. The molecule has 2 aromatic rings. The van der Waals surface area contributed by atoms with Crippen molar-refractivity contribution in [2.24, 2.45) is 15.2 Å². The van der Waals surface area contributed by atoms with Crippen LogP contribution in [0.4, 0.5) is 0 Å². The number of rotatable bonds is 6. The number of amidine groups is 1. The van der Waals surface area contributed by atoms with E-state index >= 15 is 0 Å². The van der Waals surface area contributed by atoms with E-state index in [-0.39, 0.29) is 0 Å². The quantitative estimate of drug-likeness (QED) is 0.752. The molecule has 1 aliphatic rings. The molecule has 1 heterocycles. The van der Waals surface area contributed by atoms with Gasteiger partial charge in [-0.05, 0) is 18.2 Å². The van der Waals surface area contributed by atoms with Crippen LogP contribution in [0.15, 0.2) is 63.8 Å². The van der Waals surface area contributed by atoms with Gasteiger partial charge in [-0.15, -0.1) is 5.11 Å². The molecule has 0 N–H and O–H groups in total. The zero-order chi connectivity index (χ0) is 17.7. The van der Waals surface area contributed by atoms with Crippen LogP contribution in [0.5, 0.6) is 5.75 Å². The molecule has 0 saturated carbocycles. The largest absolute Gasteiger partial charge is 0.497 e. The third-order valence-electron chi connectivity index (χ3n) is 4.02. The van der Waals surface area contributed by atoms with Crippen LogP contribution in [0, 0.1) is 11.3 Å². The maximum Gasteiger partial charge on any atom is 0.199 e. The molecule has 0 bridgehead atoms. The number of nitriles is 1. The number of carbonyl (C=O) groups is 1. The number of aliphatic imine (C=N–C) groups is 1. The van der Waals surface area contributed by atoms with Crippen LogP contribution in [0.2, 0.25) is 0 Å². The first kappa shape index (κ1) is 16.5. The molecule has 0 spiro atoms. The number of carbonyl (C=O) groups excluding carboxylic acids is 1. The van der Waals surface area contributed by atoms with Gasteiger partial charge in [-0.1, -0.05) is 30.3 Å². The Morgan fingerprint density at radius 2 is 2.04 bits per heavy atom. The van der Waals surface area contributed by atoms with Crippen LogP contribution in [0.25, 0.3) is 0 Å². The SMILES string of the molecule is COc1ccc(C2(CCC#N)N=NC(c3cccc(C=O)c3)=N2)cc1. The summed E-state index contributed by atoms with van der Waals surface area (Å²) in [6.45, 7) is 0. The molecule has 0 amide bonds. The van der Waals surface area contributed by atoms with E-state index in [9.17, 15) is 4.79 Å². The van der Waals surface area contributed by atoms with Crippen LogP contribution in [0.3, 0.4) is 0 Å². The third kappa shape index (κ3) is 3.31. The number of hydrogen-bond acceptors (Lipinski definition) is 6. The molecule has 0 saturated heterocycles. The van der Waals surface area contributed by atoms with Crippen molar-refractivity contribution in [3.8, 4) is 11.8 Å². The number of aldehydes is 1. The van der Waals surface area contributed by atoms with Gasteiger partial charge in [0.25, 0.3) is 0 Å². The number of hydrogen-bond donors (Lipinski definition) is 0. The Morgan fingerprint density at radius 1 is 1.24 bits per heavy atom. The Labute approximate surface area is 145 Å². The highest BCUT2D eigenvalue weighted by Gasteiger charge is 2.36. The van der Waals surface area contributed by atoms with Crippen LogP contribution < -0.4 is 4.74 Å².